The van der Waals surface area contributed by atoms with Crippen molar-refractivity contribution in [3.63, 3.8) is 0 Å². The number of anilines is 2. The van der Waals surface area contributed by atoms with E-state index < -0.39 is 17.9 Å². The molecule has 49 heavy (non-hydrogen) atoms. The minimum atomic E-state index is -1.26. The van der Waals surface area contributed by atoms with E-state index in [1.165, 1.54) is 42.5 Å². The predicted octanol–water partition coefficient (Wildman–Crippen LogP) is 5.55. The van der Waals surface area contributed by atoms with Crippen LogP contribution in [-0.2, 0) is 14.3 Å². The van der Waals surface area contributed by atoms with E-state index in [1.807, 2.05) is 6.07 Å². The van der Waals surface area contributed by atoms with Crippen LogP contribution in [0.5, 0.6) is 17.2 Å². The highest BCUT2D eigenvalue weighted by Crippen LogP contribution is 2.48. The Hall–Kier alpha value is -4.43. The van der Waals surface area contributed by atoms with Gasteiger partial charge in [0.25, 0.3) is 0 Å². The molecule has 262 valence electrons. The van der Waals surface area contributed by atoms with Gasteiger partial charge in [-0.15, -0.1) is 0 Å². The number of rotatable bonds is 13. The zero-order chi connectivity index (χ0) is 35.3. The first-order chi connectivity index (χ1) is 23.6. The van der Waals surface area contributed by atoms with Gasteiger partial charge in [-0.1, -0.05) is 35.5 Å². The Morgan fingerprint density at radius 2 is 1.37 bits per heavy atom. The van der Waals surface area contributed by atoms with Crippen molar-refractivity contribution in [3.05, 3.63) is 77.3 Å². The summed E-state index contributed by atoms with van der Waals surface area (Å²) >= 11 is 8.17. The second kappa shape index (κ2) is 18.4. The highest BCUT2D eigenvalue weighted by atomic mass is 35.5. The molecule has 2 heterocycles. The molecule has 0 bridgehead atoms. The van der Waals surface area contributed by atoms with E-state index >= 15 is 0 Å². The molecule has 5 rings (SSSR count). The quantitative estimate of drug-likeness (QED) is 0.169. The number of benzene rings is 3. The number of piperazine rings is 1. The van der Waals surface area contributed by atoms with Gasteiger partial charge in [0.1, 0.15) is 6.61 Å². The van der Waals surface area contributed by atoms with Crippen molar-refractivity contribution in [1.29, 1.82) is 0 Å². The molecular weight excluding hydrogens is 674 g/mol. The fourth-order valence-corrected chi connectivity index (χ4v) is 6.67. The van der Waals surface area contributed by atoms with E-state index in [0.717, 1.165) is 50.7 Å². The number of carboxylic acid groups (broad SMARTS) is 2. The van der Waals surface area contributed by atoms with Gasteiger partial charge in [-0.05, 0) is 55.4 Å². The van der Waals surface area contributed by atoms with Gasteiger partial charge in [-0.2, -0.15) is 0 Å². The molecule has 0 saturated carbocycles. The standard InChI is InChI=1S/C31H36ClN3O5S.C4H4O4/c1-37-26-19-22(20-27(38-2)30(26)39-3)31(36)40-18-17-34-15-13-33(14-16-34)11-6-12-35-24-7-4-5-8-28(24)41-29-10-9-23(32)21-25(29)35;5-3(6)1-2-4(7)8/h4-5,7-10,19-21H,6,11-18H2,1-3H3;1-2H,(H,5,6)(H,7,8)/b;2-1+. The third kappa shape index (κ3) is 10.5. The SMILES string of the molecule is COc1cc(C(=O)OCCN2CCN(CCCN3c4ccccc4Sc4ccc(Cl)cc43)CC2)cc(OC)c1OC.O=C(O)/C=C/C(=O)O. The van der Waals surface area contributed by atoms with Gasteiger partial charge < -0.3 is 39.0 Å². The summed E-state index contributed by atoms with van der Waals surface area (Å²) in [6, 6.07) is 18.0. The van der Waals surface area contributed by atoms with Crippen LogP contribution in [0, 0.1) is 0 Å². The number of aliphatic carboxylic acids is 2. The average molecular weight is 714 g/mol. The Bertz CT molecular complexity index is 1610. The van der Waals surface area contributed by atoms with Crippen LogP contribution in [0.15, 0.2) is 76.5 Å². The fraction of sp³-hybridized carbons (Fsp3) is 0.343. The maximum Gasteiger partial charge on any atom is 0.338 e. The molecule has 0 atom stereocenters. The number of halogens is 1. The van der Waals surface area contributed by atoms with Gasteiger partial charge in [0.15, 0.2) is 11.5 Å². The second-order valence-corrected chi connectivity index (χ2v) is 12.5. The molecule has 2 aliphatic heterocycles. The highest BCUT2D eigenvalue weighted by Gasteiger charge is 2.24. The number of para-hydroxylation sites is 1. The van der Waals surface area contributed by atoms with Crippen LogP contribution in [0.1, 0.15) is 16.8 Å². The zero-order valence-corrected chi connectivity index (χ0v) is 29.2. The lowest BCUT2D eigenvalue weighted by Crippen LogP contribution is -2.47. The maximum absolute atomic E-state index is 12.7. The number of hydrogen-bond acceptors (Lipinski definition) is 11. The summed E-state index contributed by atoms with van der Waals surface area (Å²) < 4.78 is 21.6. The number of methoxy groups -OCH3 is 3. The Morgan fingerprint density at radius 3 is 1.96 bits per heavy atom. The van der Waals surface area contributed by atoms with Crippen molar-refractivity contribution < 1.29 is 43.5 Å². The number of carbonyl (C=O) groups excluding carboxylic acids is 1. The normalized spacial score (nSPS) is 14.2. The molecule has 0 aliphatic carbocycles. The predicted molar refractivity (Wildman–Crippen MR) is 187 cm³/mol. The monoisotopic (exact) mass is 713 g/mol. The molecule has 0 amide bonds. The maximum atomic E-state index is 12.7. The first kappa shape index (κ1) is 37.4. The number of hydrogen-bond donors (Lipinski definition) is 2. The summed E-state index contributed by atoms with van der Waals surface area (Å²) in [5.74, 6) is -1.64. The molecule has 2 aliphatic rings. The number of esters is 1. The number of carboxylic acids is 2. The van der Waals surface area contributed by atoms with Crippen molar-refractivity contribution >= 4 is 52.6 Å². The third-order valence-electron chi connectivity index (χ3n) is 7.82. The Balaban J connectivity index is 0.000000603. The van der Waals surface area contributed by atoms with Gasteiger partial charge >= 0.3 is 17.9 Å². The summed E-state index contributed by atoms with van der Waals surface area (Å²) in [6.07, 6.45) is 2.17. The van der Waals surface area contributed by atoms with E-state index in [0.29, 0.717) is 48.1 Å². The van der Waals surface area contributed by atoms with Crippen molar-refractivity contribution in [1.82, 2.24) is 9.80 Å². The topological polar surface area (TPSA) is 138 Å². The van der Waals surface area contributed by atoms with Crippen molar-refractivity contribution in [3.8, 4) is 17.2 Å². The first-order valence-electron chi connectivity index (χ1n) is 15.5. The summed E-state index contributed by atoms with van der Waals surface area (Å²) in [4.78, 5) is 41.6. The number of nitrogens with zero attached hydrogens (tertiary/aromatic N) is 3. The molecule has 0 radical (unpaired) electrons. The Morgan fingerprint density at radius 1 is 0.776 bits per heavy atom. The van der Waals surface area contributed by atoms with Crippen LogP contribution < -0.4 is 19.1 Å². The number of ether oxygens (including phenoxy) is 4. The summed E-state index contributed by atoms with van der Waals surface area (Å²) in [5.41, 5.74) is 2.80. The minimum Gasteiger partial charge on any atom is -0.493 e. The molecule has 12 nitrogen and oxygen atoms in total. The third-order valence-corrected chi connectivity index (χ3v) is 9.18. The minimum absolute atomic E-state index is 0.323. The molecule has 1 fully saturated rings. The first-order valence-corrected chi connectivity index (χ1v) is 16.7. The number of fused-ring (bicyclic) bond motifs is 2. The number of carbonyl (C=O) groups is 3. The Kier molecular flexibility index (Phi) is 14.0. The fourth-order valence-electron chi connectivity index (χ4n) is 5.42. The van der Waals surface area contributed by atoms with Crippen molar-refractivity contribution in [2.75, 3.05) is 78.6 Å². The molecule has 14 heteroatoms. The van der Waals surface area contributed by atoms with Crippen LogP contribution in [-0.4, -0.2) is 112 Å². The molecule has 0 aromatic heterocycles. The smallest absolute Gasteiger partial charge is 0.338 e. The molecule has 0 spiro atoms. The molecule has 3 aromatic rings. The van der Waals surface area contributed by atoms with Crippen LogP contribution in [0.25, 0.3) is 0 Å². The molecule has 0 unspecified atom stereocenters. The van der Waals surface area contributed by atoms with Crippen LogP contribution in [0.2, 0.25) is 5.02 Å². The lowest BCUT2D eigenvalue weighted by Gasteiger charge is -2.36. The highest BCUT2D eigenvalue weighted by molar-refractivity contribution is 7.99. The van der Waals surface area contributed by atoms with E-state index in [-0.39, 0.29) is 0 Å². The van der Waals surface area contributed by atoms with E-state index in [9.17, 15) is 14.4 Å². The van der Waals surface area contributed by atoms with Gasteiger partial charge in [-0.25, -0.2) is 14.4 Å². The lowest BCUT2D eigenvalue weighted by molar-refractivity contribution is -0.134. The van der Waals surface area contributed by atoms with E-state index in [2.05, 4.69) is 51.1 Å². The average Bonchev–Trinajstić information content (AvgIpc) is 3.10. The molecule has 2 N–H and O–H groups in total. The zero-order valence-electron chi connectivity index (χ0n) is 27.6. The lowest BCUT2D eigenvalue weighted by atomic mass is 10.2. The largest absolute Gasteiger partial charge is 0.493 e. The van der Waals surface area contributed by atoms with Gasteiger partial charge in [0.05, 0.1) is 38.3 Å². The molecular formula is C35H40ClN3O9S. The van der Waals surface area contributed by atoms with Crippen LogP contribution in [0.3, 0.4) is 0 Å². The van der Waals surface area contributed by atoms with Crippen LogP contribution >= 0.6 is 23.4 Å². The molecule has 3 aromatic carbocycles. The van der Waals surface area contributed by atoms with Gasteiger partial charge in [0, 0.05) is 66.2 Å². The van der Waals surface area contributed by atoms with Gasteiger partial charge in [0.2, 0.25) is 5.75 Å². The van der Waals surface area contributed by atoms with Crippen LogP contribution in [0.4, 0.5) is 11.4 Å². The summed E-state index contributed by atoms with van der Waals surface area (Å²) in [7, 11) is 4.57. The van der Waals surface area contributed by atoms with E-state index in [4.69, 9.17) is 40.8 Å². The second-order valence-electron chi connectivity index (χ2n) is 10.9. The Labute approximate surface area is 294 Å². The van der Waals surface area contributed by atoms with Crippen molar-refractivity contribution in [2.45, 2.75) is 16.2 Å². The van der Waals surface area contributed by atoms with Crippen molar-refractivity contribution in [2.24, 2.45) is 0 Å². The summed E-state index contributed by atoms with van der Waals surface area (Å²) in [5, 5.41) is 16.4. The van der Waals surface area contributed by atoms with E-state index in [1.54, 1.807) is 23.9 Å². The van der Waals surface area contributed by atoms with Gasteiger partial charge in [-0.3, -0.25) is 4.90 Å². The molecule has 1 saturated heterocycles. The summed E-state index contributed by atoms with van der Waals surface area (Å²) in [6.45, 7) is 6.87.